The van der Waals surface area contributed by atoms with Crippen molar-refractivity contribution in [1.29, 1.82) is 0 Å². The largest absolute Gasteiger partial charge is 0.342 e. The van der Waals surface area contributed by atoms with Crippen molar-refractivity contribution in [1.82, 2.24) is 14.8 Å². The van der Waals surface area contributed by atoms with Crippen LogP contribution >= 0.6 is 0 Å². The van der Waals surface area contributed by atoms with Crippen LogP contribution in [0.25, 0.3) is 0 Å². The van der Waals surface area contributed by atoms with Crippen molar-refractivity contribution in [2.45, 2.75) is 45.2 Å². The number of carbonyl (C=O) groups excluding carboxylic acids is 2. The van der Waals surface area contributed by atoms with E-state index in [1.165, 1.54) is 5.56 Å². The molecule has 1 spiro atoms. The predicted molar refractivity (Wildman–Crippen MR) is 107 cm³/mol. The molecule has 2 fully saturated rings. The van der Waals surface area contributed by atoms with Crippen molar-refractivity contribution in [3.63, 3.8) is 0 Å². The Labute approximate surface area is 166 Å². The summed E-state index contributed by atoms with van der Waals surface area (Å²) in [5.74, 6) is 0.363. The van der Waals surface area contributed by atoms with Gasteiger partial charge in [0.1, 0.15) is 0 Å². The fourth-order valence-corrected chi connectivity index (χ4v) is 4.77. The Kier molecular flexibility index (Phi) is 4.92. The minimum absolute atomic E-state index is 0.108. The molecule has 2 amide bonds. The molecule has 1 aromatic heterocycles. The molecule has 146 valence electrons. The Balaban J connectivity index is 1.49. The van der Waals surface area contributed by atoms with Gasteiger partial charge in [-0.1, -0.05) is 36.4 Å². The molecule has 2 saturated heterocycles. The zero-order valence-electron chi connectivity index (χ0n) is 16.5. The number of β-lactam (4-membered cyclic amide) rings is 1. The fourth-order valence-electron chi connectivity index (χ4n) is 4.77. The maximum Gasteiger partial charge on any atom is 0.232 e. The summed E-state index contributed by atoms with van der Waals surface area (Å²) in [5, 5.41) is 0. The third-order valence-electron chi connectivity index (χ3n) is 6.22. The molecule has 1 atom stereocenters. The van der Waals surface area contributed by atoms with Crippen LogP contribution in [0.4, 0.5) is 0 Å². The van der Waals surface area contributed by atoms with Crippen LogP contribution < -0.4 is 0 Å². The molecule has 2 aliphatic heterocycles. The third-order valence-corrected chi connectivity index (χ3v) is 6.22. The Morgan fingerprint density at radius 1 is 1.14 bits per heavy atom. The van der Waals surface area contributed by atoms with E-state index in [1.807, 2.05) is 40.1 Å². The van der Waals surface area contributed by atoms with E-state index in [0.29, 0.717) is 19.5 Å². The van der Waals surface area contributed by atoms with Gasteiger partial charge in [-0.15, -0.1) is 0 Å². The lowest BCUT2D eigenvalue weighted by Crippen LogP contribution is -2.68. The average molecular weight is 377 g/mol. The van der Waals surface area contributed by atoms with E-state index in [1.54, 1.807) is 12.4 Å². The van der Waals surface area contributed by atoms with E-state index in [2.05, 4.69) is 31.0 Å². The van der Waals surface area contributed by atoms with Crippen molar-refractivity contribution >= 4 is 11.8 Å². The molecule has 1 aromatic carbocycles. The van der Waals surface area contributed by atoms with E-state index < -0.39 is 0 Å². The van der Waals surface area contributed by atoms with E-state index in [9.17, 15) is 9.59 Å². The molecule has 5 heteroatoms. The predicted octanol–water partition coefficient (Wildman–Crippen LogP) is 3.22. The van der Waals surface area contributed by atoms with Crippen molar-refractivity contribution in [3.8, 4) is 0 Å². The summed E-state index contributed by atoms with van der Waals surface area (Å²) in [4.78, 5) is 33.8. The Morgan fingerprint density at radius 3 is 2.46 bits per heavy atom. The van der Waals surface area contributed by atoms with Crippen molar-refractivity contribution in [2.75, 3.05) is 13.1 Å². The van der Waals surface area contributed by atoms with Gasteiger partial charge in [0.15, 0.2) is 0 Å². The zero-order chi connectivity index (χ0) is 19.7. The van der Waals surface area contributed by atoms with Gasteiger partial charge in [-0.2, -0.15) is 0 Å². The number of hydrogen-bond donors (Lipinski definition) is 0. The Bertz CT molecular complexity index is 843. The second kappa shape index (κ2) is 7.38. The zero-order valence-corrected chi connectivity index (χ0v) is 16.5. The number of hydrogen-bond acceptors (Lipinski definition) is 3. The summed E-state index contributed by atoms with van der Waals surface area (Å²) in [6.45, 7) is 5.43. The van der Waals surface area contributed by atoms with Crippen LogP contribution in [0.1, 0.15) is 43.9 Å². The fraction of sp³-hybridized carbons (Fsp3) is 0.435. The van der Waals surface area contributed by atoms with Gasteiger partial charge in [0.25, 0.3) is 0 Å². The number of amides is 2. The van der Waals surface area contributed by atoms with E-state index >= 15 is 0 Å². The SMILES string of the molecule is CC(C)N1C(=O)C2(CCN(C(=O)Cc3cccnc3)CC2)C1c1ccccc1. The topological polar surface area (TPSA) is 53.5 Å². The van der Waals surface area contributed by atoms with E-state index in [0.717, 1.165) is 18.4 Å². The van der Waals surface area contributed by atoms with Crippen LogP contribution in [-0.2, 0) is 16.0 Å². The first-order chi connectivity index (χ1) is 13.5. The van der Waals surface area contributed by atoms with Gasteiger partial charge in [-0.3, -0.25) is 14.6 Å². The summed E-state index contributed by atoms with van der Waals surface area (Å²) in [6, 6.07) is 14.4. The van der Waals surface area contributed by atoms with Gasteiger partial charge in [0.2, 0.25) is 11.8 Å². The van der Waals surface area contributed by atoms with Crippen LogP contribution in [0.2, 0.25) is 0 Å². The molecule has 2 aliphatic rings. The minimum Gasteiger partial charge on any atom is -0.342 e. The average Bonchev–Trinajstić information content (AvgIpc) is 2.72. The van der Waals surface area contributed by atoms with Crippen LogP contribution in [0.5, 0.6) is 0 Å². The number of nitrogens with zero attached hydrogens (tertiary/aromatic N) is 3. The highest BCUT2D eigenvalue weighted by atomic mass is 16.2. The van der Waals surface area contributed by atoms with Gasteiger partial charge >= 0.3 is 0 Å². The third kappa shape index (κ3) is 3.09. The number of rotatable bonds is 4. The molecule has 0 aliphatic carbocycles. The number of benzene rings is 1. The van der Waals surface area contributed by atoms with Gasteiger partial charge in [0, 0.05) is 31.5 Å². The number of pyridine rings is 1. The number of likely N-dealkylation sites (tertiary alicyclic amines) is 2. The minimum atomic E-state index is -0.364. The number of carbonyl (C=O) groups is 2. The maximum atomic E-state index is 13.1. The standard InChI is InChI=1S/C23H27N3O2/c1-17(2)26-21(19-8-4-3-5-9-19)23(22(26)28)10-13-25(14-11-23)20(27)15-18-7-6-12-24-16-18/h3-9,12,16-17,21H,10-11,13-15H2,1-2H3. The molecule has 28 heavy (non-hydrogen) atoms. The summed E-state index contributed by atoms with van der Waals surface area (Å²) in [7, 11) is 0. The summed E-state index contributed by atoms with van der Waals surface area (Å²) < 4.78 is 0. The van der Waals surface area contributed by atoms with E-state index in [-0.39, 0.29) is 29.3 Å². The van der Waals surface area contributed by atoms with Gasteiger partial charge in [0.05, 0.1) is 17.9 Å². The van der Waals surface area contributed by atoms with Gasteiger partial charge in [-0.05, 0) is 43.9 Å². The Morgan fingerprint density at radius 2 is 1.86 bits per heavy atom. The second-order valence-electron chi connectivity index (χ2n) is 8.19. The highest BCUT2D eigenvalue weighted by molar-refractivity contribution is 5.91. The monoisotopic (exact) mass is 377 g/mol. The molecule has 5 nitrogen and oxygen atoms in total. The van der Waals surface area contributed by atoms with Crippen LogP contribution in [0.15, 0.2) is 54.9 Å². The van der Waals surface area contributed by atoms with Crippen LogP contribution in [0.3, 0.4) is 0 Å². The van der Waals surface area contributed by atoms with Crippen molar-refractivity contribution in [3.05, 3.63) is 66.0 Å². The lowest BCUT2D eigenvalue weighted by molar-refractivity contribution is -0.186. The van der Waals surface area contributed by atoms with E-state index in [4.69, 9.17) is 0 Å². The highest BCUT2D eigenvalue weighted by Gasteiger charge is 2.62. The molecular formula is C23H27N3O2. The van der Waals surface area contributed by atoms with Crippen molar-refractivity contribution in [2.24, 2.45) is 5.41 Å². The first-order valence-corrected chi connectivity index (χ1v) is 10.1. The lowest BCUT2D eigenvalue weighted by Gasteiger charge is -2.60. The molecule has 0 saturated carbocycles. The molecular weight excluding hydrogens is 350 g/mol. The maximum absolute atomic E-state index is 13.1. The summed E-state index contributed by atoms with van der Waals surface area (Å²) >= 11 is 0. The highest BCUT2D eigenvalue weighted by Crippen LogP contribution is 2.56. The second-order valence-corrected chi connectivity index (χ2v) is 8.19. The molecule has 3 heterocycles. The number of piperidine rings is 1. The summed E-state index contributed by atoms with van der Waals surface area (Å²) in [5.41, 5.74) is 1.77. The van der Waals surface area contributed by atoms with Crippen LogP contribution in [0, 0.1) is 5.41 Å². The number of aromatic nitrogens is 1. The van der Waals surface area contributed by atoms with Gasteiger partial charge < -0.3 is 9.80 Å². The first-order valence-electron chi connectivity index (χ1n) is 10.1. The smallest absolute Gasteiger partial charge is 0.232 e. The summed E-state index contributed by atoms with van der Waals surface area (Å²) in [6.07, 6.45) is 5.28. The molecule has 4 rings (SSSR count). The normalized spacial score (nSPS) is 21.1. The quantitative estimate of drug-likeness (QED) is 0.769. The molecule has 0 bridgehead atoms. The van der Waals surface area contributed by atoms with Gasteiger partial charge in [-0.25, -0.2) is 0 Å². The molecule has 1 unspecified atom stereocenters. The first kappa shape index (κ1) is 18.7. The Hall–Kier alpha value is -2.69. The molecule has 0 N–H and O–H groups in total. The molecule has 0 radical (unpaired) electrons. The molecule has 2 aromatic rings. The van der Waals surface area contributed by atoms with Crippen molar-refractivity contribution < 1.29 is 9.59 Å². The van der Waals surface area contributed by atoms with Crippen LogP contribution in [-0.4, -0.2) is 45.7 Å². The lowest BCUT2D eigenvalue weighted by atomic mass is 9.61.